The van der Waals surface area contributed by atoms with Gasteiger partial charge in [0.05, 0.1) is 18.2 Å². The van der Waals surface area contributed by atoms with Gasteiger partial charge in [-0.25, -0.2) is 0 Å². The maximum Gasteiger partial charge on any atom is 0.239 e. The van der Waals surface area contributed by atoms with Crippen LogP contribution in [-0.4, -0.2) is 43.5 Å². The first-order chi connectivity index (χ1) is 11.0. The number of nitrogens with one attached hydrogen (secondary N) is 1. The summed E-state index contributed by atoms with van der Waals surface area (Å²) in [6.45, 7) is 2.99. The number of ether oxygens (including phenoxy) is 1. The van der Waals surface area contributed by atoms with Crippen molar-refractivity contribution in [1.82, 2.24) is 10.2 Å². The summed E-state index contributed by atoms with van der Waals surface area (Å²) in [5.41, 5.74) is 0. The highest BCUT2D eigenvalue weighted by molar-refractivity contribution is 6.35. The van der Waals surface area contributed by atoms with Crippen LogP contribution in [0.15, 0.2) is 18.2 Å². The van der Waals surface area contributed by atoms with E-state index in [1.54, 1.807) is 30.1 Å². The third-order valence-corrected chi connectivity index (χ3v) is 3.68. The monoisotopic (exact) mass is 360 g/mol. The molecule has 0 fully saturated rings. The van der Waals surface area contributed by atoms with Crippen molar-refractivity contribution in [2.24, 2.45) is 0 Å². The first-order valence-corrected chi connectivity index (χ1v) is 8.29. The summed E-state index contributed by atoms with van der Waals surface area (Å²) in [6, 6.07) is 5.00. The molecule has 2 amide bonds. The minimum absolute atomic E-state index is 0.0544. The molecule has 1 rings (SSSR count). The van der Waals surface area contributed by atoms with Crippen LogP contribution in [0.4, 0.5) is 0 Å². The van der Waals surface area contributed by atoms with E-state index in [-0.39, 0.29) is 18.4 Å². The van der Waals surface area contributed by atoms with Crippen LogP contribution in [0.2, 0.25) is 10.0 Å². The van der Waals surface area contributed by atoms with Crippen LogP contribution in [0.3, 0.4) is 0 Å². The molecule has 7 heteroatoms. The minimum atomic E-state index is -0.170. The van der Waals surface area contributed by atoms with E-state index in [0.29, 0.717) is 41.8 Å². The highest BCUT2D eigenvalue weighted by atomic mass is 35.5. The maximum absolute atomic E-state index is 12.2. The third-order valence-electron chi connectivity index (χ3n) is 3.15. The molecule has 5 nitrogen and oxygen atoms in total. The van der Waals surface area contributed by atoms with E-state index in [2.05, 4.69) is 5.32 Å². The van der Waals surface area contributed by atoms with E-state index in [0.717, 1.165) is 6.42 Å². The number of halogens is 2. The summed E-state index contributed by atoms with van der Waals surface area (Å²) >= 11 is 11.8. The van der Waals surface area contributed by atoms with Crippen LogP contribution < -0.4 is 10.1 Å². The van der Waals surface area contributed by atoms with Gasteiger partial charge >= 0.3 is 0 Å². The number of carbonyl (C=O) groups excluding carboxylic acids is 2. The number of nitrogens with zero attached hydrogens (tertiary/aromatic N) is 1. The maximum atomic E-state index is 12.2. The normalized spacial score (nSPS) is 10.3. The Morgan fingerprint density at radius 3 is 2.65 bits per heavy atom. The topological polar surface area (TPSA) is 58.6 Å². The first-order valence-electron chi connectivity index (χ1n) is 7.54. The van der Waals surface area contributed by atoms with Gasteiger partial charge in [-0.15, -0.1) is 0 Å². The molecule has 0 unspecified atom stereocenters. The highest BCUT2D eigenvalue weighted by Gasteiger charge is 2.15. The Kier molecular flexibility index (Phi) is 8.81. The SMILES string of the molecule is CCCN(CC(=O)NC)C(=O)CCCOc1ccc(Cl)cc1Cl. The molecule has 0 aliphatic heterocycles. The number of amides is 2. The molecule has 1 aromatic rings. The van der Waals surface area contributed by atoms with Crippen LogP contribution in [0.1, 0.15) is 26.2 Å². The standard InChI is InChI=1S/C16H22Cl2N2O3/c1-3-8-20(11-15(21)19-2)16(22)5-4-9-23-14-7-6-12(17)10-13(14)18/h6-7,10H,3-5,8-9,11H2,1-2H3,(H,19,21). The fraction of sp³-hybridized carbons (Fsp3) is 0.500. The second-order valence-corrected chi connectivity index (χ2v) is 5.86. The van der Waals surface area contributed by atoms with Gasteiger partial charge in [0, 0.05) is 25.0 Å². The molecule has 23 heavy (non-hydrogen) atoms. The Morgan fingerprint density at radius 2 is 2.04 bits per heavy atom. The van der Waals surface area contributed by atoms with Crippen molar-refractivity contribution in [3.63, 3.8) is 0 Å². The van der Waals surface area contributed by atoms with Gasteiger partial charge in [0.1, 0.15) is 5.75 Å². The quantitative estimate of drug-likeness (QED) is 0.688. The average molecular weight is 361 g/mol. The van der Waals surface area contributed by atoms with Crippen LogP contribution in [0, 0.1) is 0 Å². The van der Waals surface area contributed by atoms with E-state index >= 15 is 0 Å². The summed E-state index contributed by atoms with van der Waals surface area (Å²) in [4.78, 5) is 25.1. The van der Waals surface area contributed by atoms with E-state index < -0.39 is 0 Å². The van der Waals surface area contributed by atoms with Crippen LogP contribution in [-0.2, 0) is 9.59 Å². The van der Waals surface area contributed by atoms with Gasteiger partial charge in [-0.05, 0) is 31.0 Å². The Bertz CT molecular complexity index is 538. The second-order valence-electron chi connectivity index (χ2n) is 5.02. The number of benzene rings is 1. The van der Waals surface area contributed by atoms with E-state index in [1.807, 2.05) is 6.92 Å². The molecular weight excluding hydrogens is 339 g/mol. The minimum Gasteiger partial charge on any atom is -0.492 e. The van der Waals surface area contributed by atoms with Crippen LogP contribution in [0.5, 0.6) is 5.75 Å². The van der Waals surface area contributed by atoms with Crippen molar-refractivity contribution in [2.75, 3.05) is 26.7 Å². The molecule has 0 saturated carbocycles. The number of carbonyl (C=O) groups is 2. The zero-order valence-corrected chi connectivity index (χ0v) is 14.9. The molecule has 0 saturated heterocycles. The third kappa shape index (κ3) is 7.10. The van der Waals surface area contributed by atoms with Crippen molar-refractivity contribution < 1.29 is 14.3 Å². The molecule has 1 aromatic carbocycles. The molecule has 0 aliphatic carbocycles. The van der Waals surface area contributed by atoms with Gasteiger partial charge in [-0.3, -0.25) is 9.59 Å². The number of hydrogen-bond donors (Lipinski definition) is 1. The molecule has 0 radical (unpaired) electrons. The lowest BCUT2D eigenvalue weighted by molar-refractivity contribution is -0.136. The molecule has 1 N–H and O–H groups in total. The summed E-state index contributed by atoms with van der Waals surface area (Å²) < 4.78 is 5.54. The van der Waals surface area contributed by atoms with Gasteiger partial charge in [0.2, 0.25) is 11.8 Å². The van der Waals surface area contributed by atoms with Gasteiger partial charge in [-0.2, -0.15) is 0 Å². The lowest BCUT2D eigenvalue weighted by Crippen LogP contribution is -2.40. The highest BCUT2D eigenvalue weighted by Crippen LogP contribution is 2.27. The van der Waals surface area contributed by atoms with Crippen molar-refractivity contribution in [1.29, 1.82) is 0 Å². The largest absolute Gasteiger partial charge is 0.492 e. The summed E-state index contributed by atoms with van der Waals surface area (Å²) in [7, 11) is 1.56. The number of hydrogen-bond acceptors (Lipinski definition) is 3. The summed E-state index contributed by atoms with van der Waals surface area (Å²) in [5, 5.41) is 3.51. The zero-order valence-electron chi connectivity index (χ0n) is 13.4. The Balaban J connectivity index is 2.40. The van der Waals surface area contributed by atoms with Gasteiger partial charge in [0.15, 0.2) is 0 Å². The Morgan fingerprint density at radius 1 is 1.30 bits per heavy atom. The smallest absolute Gasteiger partial charge is 0.239 e. The van der Waals surface area contributed by atoms with Gasteiger partial charge < -0.3 is 15.0 Å². The zero-order chi connectivity index (χ0) is 17.2. The lowest BCUT2D eigenvalue weighted by atomic mass is 10.2. The summed E-state index contributed by atoms with van der Waals surface area (Å²) in [6.07, 6.45) is 1.67. The first kappa shape index (κ1) is 19.6. The predicted octanol–water partition coefficient (Wildman–Crippen LogP) is 3.14. The summed E-state index contributed by atoms with van der Waals surface area (Å²) in [5.74, 6) is 0.316. The molecule has 0 aliphatic rings. The molecule has 0 heterocycles. The number of likely N-dealkylation sites (N-methyl/N-ethyl adjacent to an activating group) is 1. The van der Waals surface area contributed by atoms with Crippen molar-refractivity contribution >= 4 is 35.0 Å². The van der Waals surface area contributed by atoms with Gasteiger partial charge in [-0.1, -0.05) is 30.1 Å². The fourth-order valence-corrected chi connectivity index (χ4v) is 2.43. The van der Waals surface area contributed by atoms with Crippen molar-refractivity contribution in [2.45, 2.75) is 26.2 Å². The fourth-order valence-electron chi connectivity index (χ4n) is 1.97. The second kappa shape index (κ2) is 10.3. The average Bonchev–Trinajstić information content (AvgIpc) is 2.52. The molecule has 128 valence electrons. The van der Waals surface area contributed by atoms with E-state index in [4.69, 9.17) is 27.9 Å². The molecular formula is C16H22Cl2N2O3. The predicted molar refractivity (Wildman–Crippen MR) is 92.1 cm³/mol. The molecule has 0 aromatic heterocycles. The van der Waals surface area contributed by atoms with Crippen LogP contribution in [0.25, 0.3) is 0 Å². The Labute approximate surface area is 146 Å². The lowest BCUT2D eigenvalue weighted by Gasteiger charge is -2.21. The van der Waals surface area contributed by atoms with E-state index in [1.165, 1.54) is 0 Å². The van der Waals surface area contributed by atoms with Gasteiger partial charge in [0.25, 0.3) is 0 Å². The van der Waals surface area contributed by atoms with Crippen LogP contribution >= 0.6 is 23.2 Å². The van der Waals surface area contributed by atoms with Crippen molar-refractivity contribution in [3.8, 4) is 5.75 Å². The van der Waals surface area contributed by atoms with Crippen molar-refractivity contribution in [3.05, 3.63) is 28.2 Å². The number of rotatable bonds is 9. The Hall–Kier alpha value is -1.46. The molecule has 0 atom stereocenters. The molecule has 0 bridgehead atoms. The molecule has 0 spiro atoms. The van der Waals surface area contributed by atoms with E-state index in [9.17, 15) is 9.59 Å².